The molecule has 0 aliphatic carbocycles. The van der Waals surface area contributed by atoms with Crippen molar-refractivity contribution >= 4 is 41.3 Å². The van der Waals surface area contributed by atoms with Gasteiger partial charge in [-0.3, -0.25) is 0 Å². The van der Waals surface area contributed by atoms with Crippen molar-refractivity contribution in [3.63, 3.8) is 0 Å². The van der Waals surface area contributed by atoms with Crippen LogP contribution < -0.4 is 5.32 Å². The van der Waals surface area contributed by atoms with Crippen LogP contribution in [0.2, 0.25) is 0 Å². The number of hydrogen-bond donors (Lipinski definition) is 1. The second-order valence-corrected chi connectivity index (χ2v) is 6.41. The van der Waals surface area contributed by atoms with Gasteiger partial charge in [0.15, 0.2) is 11.8 Å². The lowest BCUT2D eigenvalue weighted by Gasteiger charge is -2.22. The van der Waals surface area contributed by atoms with Crippen LogP contribution in [0, 0.1) is 6.92 Å². The van der Waals surface area contributed by atoms with Gasteiger partial charge in [0.25, 0.3) is 0 Å². The molecular formula is C16H27IN6S. The molecule has 0 saturated carbocycles. The number of guanidine groups is 1. The van der Waals surface area contributed by atoms with Crippen molar-refractivity contribution in [2.75, 3.05) is 13.6 Å². The van der Waals surface area contributed by atoms with E-state index in [1.54, 1.807) is 11.3 Å². The fraction of sp³-hybridized carbons (Fsp3) is 0.562. The smallest absolute Gasteiger partial charge is 0.194 e. The van der Waals surface area contributed by atoms with E-state index < -0.39 is 0 Å². The van der Waals surface area contributed by atoms with E-state index in [1.807, 2.05) is 18.5 Å². The first kappa shape index (κ1) is 20.9. The van der Waals surface area contributed by atoms with Crippen LogP contribution in [-0.2, 0) is 20.1 Å². The quantitative estimate of drug-likeness (QED) is 0.297. The molecule has 2 aromatic rings. The molecule has 2 aromatic heterocycles. The van der Waals surface area contributed by atoms with Gasteiger partial charge in [0.05, 0.1) is 0 Å². The van der Waals surface area contributed by atoms with Crippen LogP contribution in [0.15, 0.2) is 21.8 Å². The molecule has 0 aliphatic heterocycles. The summed E-state index contributed by atoms with van der Waals surface area (Å²) in [6, 6.07) is 2.15. The number of aromatic nitrogens is 3. The summed E-state index contributed by atoms with van der Waals surface area (Å²) in [5, 5.41) is 16.0. The molecule has 24 heavy (non-hydrogen) atoms. The van der Waals surface area contributed by atoms with Crippen LogP contribution in [0.25, 0.3) is 0 Å². The molecule has 2 rings (SSSR count). The lowest BCUT2D eigenvalue weighted by molar-refractivity contribution is 0.473. The van der Waals surface area contributed by atoms with Crippen LogP contribution in [0.3, 0.4) is 0 Å². The average Bonchev–Trinajstić information content (AvgIpc) is 3.15. The van der Waals surface area contributed by atoms with E-state index in [9.17, 15) is 0 Å². The van der Waals surface area contributed by atoms with Crippen molar-refractivity contribution in [3.8, 4) is 0 Å². The summed E-state index contributed by atoms with van der Waals surface area (Å²) < 4.78 is 1.98. The predicted octanol–water partition coefficient (Wildman–Crippen LogP) is 3.18. The standard InChI is InChI=1S/C16H26N6S.HI/c1-5-6-8-17-16(21(3)11-14-7-9-23-12-14)18-10-15-20-19-13(2)22(15)4;/h7,9,12H,5-6,8,10-11H2,1-4H3,(H,17,18);1H. The maximum Gasteiger partial charge on any atom is 0.194 e. The molecule has 0 unspecified atom stereocenters. The molecule has 0 radical (unpaired) electrons. The number of hydrogen-bond acceptors (Lipinski definition) is 4. The fourth-order valence-electron chi connectivity index (χ4n) is 2.15. The van der Waals surface area contributed by atoms with E-state index in [0.29, 0.717) is 6.54 Å². The number of aliphatic imine (C=N–C) groups is 1. The largest absolute Gasteiger partial charge is 0.356 e. The highest BCUT2D eigenvalue weighted by Gasteiger charge is 2.09. The van der Waals surface area contributed by atoms with Gasteiger partial charge in [0.1, 0.15) is 12.4 Å². The van der Waals surface area contributed by atoms with Crippen molar-refractivity contribution in [2.45, 2.75) is 39.8 Å². The zero-order valence-corrected chi connectivity index (χ0v) is 18.0. The van der Waals surface area contributed by atoms with Crippen LogP contribution in [0.5, 0.6) is 0 Å². The first-order valence-corrected chi connectivity index (χ1v) is 8.91. The van der Waals surface area contributed by atoms with Gasteiger partial charge < -0.3 is 14.8 Å². The van der Waals surface area contributed by atoms with Crippen molar-refractivity contribution in [3.05, 3.63) is 34.0 Å². The van der Waals surface area contributed by atoms with Gasteiger partial charge in [-0.15, -0.1) is 34.2 Å². The zero-order chi connectivity index (χ0) is 16.7. The number of nitrogens with one attached hydrogen (secondary N) is 1. The normalized spacial score (nSPS) is 11.2. The van der Waals surface area contributed by atoms with Crippen LogP contribution >= 0.6 is 35.3 Å². The summed E-state index contributed by atoms with van der Waals surface area (Å²) in [6.07, 6.45) is 2.30. The first-order valence-electron chi connectivity index (χ1n) is 7.97. The Morgan fingerprint density at radius 3 is 2.79 bits per heavy atom. The Kier molecular flexibility index (Phi) is 9.27. The van der Waals surface area contributed by atoms with E-state index in [1.165, 1.54) is 5.56 Å². The second-order valence-electron chi connectivity index (χ2n) is 5.63. The summed E-state index contributed by atoms with van der Waals surface area (Å²) >= 11 is 1.72. The molecule has 0 aliphatic rings. The summed E-state index contributed by atoms with van der Waals surface area (Å²) in [4.78, 5) is 6.89. The highest BCUT2D eigenvalue weighted by molar-refractivity contribution is 14.0. The Morgan fingerprint density at radius 2 is 2.21 bits per heavy atom. The van der Waals surface area contributed by atoms with E-state index in [2.05, 4.69) is 51.2 Å². The number of aryl methyl sites for hydroxylation is 1. The third kappa shape index (κ3) is 6.04. The number of thiophene rings is 1. The highest BCUT2D eigenvalue weighted by atomic mass is 127. The molecule has 0 aromatic carbocycles. The Balaban J connectivity index is 0.00000288. The molecule has 6 nitrogen and oxygen atoms in total. The van der Waals surface area contributed by atoms with Crippen molar-refractivity contribution < 1.29 is 0 Å². The minimum atomic E-state index is 0. The van der Waals surface area contributed by atoms with Gasteiger partial charge >= 0.3 is 0 Å². The molecule has 1 N–H and O–H groups in total. The lowest BCUT2D eigenvalue weighted by Crippen LogP contribution is -2.39. The van der Waals surface area contributed by atoms with E-state index >= 15 is 0 Å². The minimum Gasteiger partial charge on any atom is -0.356 e. The van der Waals surface area contributed by atoms with Gasteiger partial charge in [-0.05, 0) is 35.7 Å². The van der Waals surface area contributed by atoms with Crippen LogP contribution in [-0.4, -0.2) is 39.2 Å². The summed E-state index contributed by atoms with van der Waals surface area (Å²) in [5.74, 6) is 2.69. The molecule has 0 bridgehead atoms. The molecule has 0 atom stereocenters. The van der Waals surface area contributed by atoms with Gasteiger partial charge in [-0.1, -0.05) is 13.3 Å². The van der Waals surface area contributed by atoms with Crippen molar-refractivity contribution in [1.29, 1.82) is 0 Å². The Hall–Kier alpha value is -1.16. The van der Waals surface area contributed by atoms with E-state index in [-0.39, 0.29) is 24.0 Å². The van der Waals surface area contributed by atoms with Crippen molar-refractivity contribution in [2.24, 2.45) is 12.0 Å². The molecule has 0 spiro atoms. The highest BCUT2D eigenvalue weighted by Crippen LogP contribution is 2.09. The maximum absolute atomic E-state index is 4.73. The Morgan fingerprint density at radius 1 is 1.42 bits per heavy atom. The third-order valence-corrected chi connectivity index (χ3v) is 4.46. The molecule has 0 saturated heterocycles. The number of nitrogens with zero attached hydrogens (tertiary/aromatic N) is 5. The first-order chi connectivity index (χ1) is 11.1. The summed E-state index contributed by atoms with van der Waals surface area (Å²) in [6.45, 7) is 6.44. The van der Waals surface area contributed by atoms with Crippen molar-refractivity contribution in [1.82, 2.24) is 25.0 Å². The third-order valence-electron chi connectivity index (χ3n) is 3.73. The summed E-state index contributed by atoms with van der Waals surface area (Å²) in [5.41, 5.74) is 1.30. The number of rotatable bonds is 7. The topological polar surface area (TPSA) is 58.3 Å². The Labute approximate surface area is 165 Å². The molecule has 8 heteroatoms. The van der Waals surface area contributed by atoms with Gasteiger partial charge in [-0.25, -0.2) is 4.99 Å². The van der Waals surface area contributed by atoms with E-state index in [0.717, 1.165) is 43.5 Å². The fourth-order valence-corrected chi connectivity index (χ4v) is 2.81. The van der Waals surface area contributed by atoms with Gasteiger partial charge in [0.2, 0.25) is 0 Å². The predicted molar refractivity (Wildman–Crippen MR) is 111 cm³/mol. The van der Waals surface area contributed by atoms with Gasteiger partial charge in [-0.2, -0.15) is 11.3 Å². The molecular weight excluding hydrogens is 435 g/mol. The van der Waals surface area contributed by atoms with Gasteiger partial charge in [0, 0.05) is 27.2 Å². The number of unbranched alkanes of at least 4 members (excludes halogenated alkanes) is 1. The zero-order valence-electron chi connectivity index (χ0n) is 14.8. The molecule has 134 valence electrons. The minimum absolute atomic E-state index is 0. The molecule has 0 amide bonds. The molecule has 2 heterocycles. The van der Waals surface area contributed by atoms with Crippen LogP contribution in [0.4, 0.5) is 0 Å². The maximum atomic E-state index is 4.73. The second kappa shape index (κ2) is 10.7. The SMILES string of the molecule is CCCCNC(=NCc1nnc(C)n1C)N(C)Cc1ccsc1.I. The summed E-state index contributed by atoms with van der Waals surface area (Å²) in [7, 11) is 4.04. The van der Waals surface area contributed by atoms with Crippen LogP contribution in [0.1, 0.15) is 37.0 Å². The molecule has 0 fully saturated rings. The van der Waals surface area contributed by atoms with E-state index in [4.69, 9.17) is 4.99 Å². The average molecular weight is 462 g/mol. The number of halogens is 1. The Bertz CT molecular complexity index is 623. The monoisotopic (exact) mass is 462 g/mol. The lowest BCUT2D eigenvalue weighted by atomic mass is 10.3.